The number of nitrogens with zero attached hydrogens (tertiary/aromatic N) is 4. The Labute approximate surface area is 122 Å². The maximum absolute atomic E-state index is 12.0. The lowest BCUT2D eigenvalue weighted by molar-refractivity contribution is 0.110. The molecule has 1 fully saturated rings. The number of methoxy groups -OCH3 is 1. The molecule has 110 valence electrons. The van der Waals surface area contributed by atoms with E-state index in [9.17, 15) is 4.79 Å². The van der Waals surface area contributed by atoms with E-state index in [-0.39, 0.29) is 12.1 Å². The van der Waals surface area contributed by atoms with Crippen molar-refractivity contribution >= 4 is 6.03 Å². The van der Waals surface area contributed by atoms with Crippen LogP contribution in [0.5, 0.6) is 5.75 Å². The van der Waals surface area contributed by atoms with Gasteiger partial charge in [-0.15, -0.1) is 0 Å². The van der Waals surface area contributed by atoms with E-state index in [1.807, 2.05) is 24.3 Å². The number of carbonyl (C=O) groups is 1. The average molecular weight is 287 g/mol. The average Bonchev–Trinajstić information content (AvgIpc) is 2.98. The molecule has 7 nitrogen and oxygen atoms in total. The number of benzene rings is 1. The van der Waals surface area contributed by atoms with Crippen molar-refractivity contribution in [2.24, 2.45) is 0 Å². The van der Waals surface area contributed by atoms with Gasteiger partial charge in [-0.3, -0.25) is 0 Å². The van der Waals surface area contributed by atoms with E-state index in [0.717, 1.165) is 11.3 Å². The molecule has 1 N–H and O–H groups in total. The van der Waals surface area contributed by atoms with E-state index in [2.05, 4.69) is 15.5 Å². The van der Waals surface area contributed by atoms with Crippen LogP contribution in [-0.2, 0) is 6.54 Å². The predicted molar refractivity (Wildman–Crippen MR) is 75.9 cm³/mol. The molecule has 3 rings (SSSR count). The fourth-order valence-corrected chi connectivity index (χ4v) is 2.21. The Balaban J connectivity index is 1.45. The van der Waals surface area contributed by atoms with Gasteiger partial charge in [0.2, 0.25) is 0 Å². The number of carbonyl (C=O) groups excluding carboxylic acids is 1. The van der Waals surface area contributed by atoms with Gasteiger partial charge < -0.3 is 15.0 Å². The third-order valence-electron chi connectivity index (χ3n) is 3.52. The molecule has 2 amide bonds. The second-order valence-corrected chi connectivity index (χ2v) is 4.92. The van der Waals surface area contributed by atoms with E-state index in [1.54, 1.807) is 29.2 Å². The van der Waals surface area contributed by atoms with Crippen molar-refractivity contribution in [3.8, 4) is 5.75 Å². The van der Waals surface area contributed by atoms with Gasteiger partial charge in [-0.2, -0.15) is 15.0 Å². The van der Waals surface area contributed by atoms with Crippen LogP contribution in [0.25, 0.3) is 0 Å². The van der Waals surface area contributed by atoms with Gasteiger partial charge in [-0.1, -0.05) is 12.1 Å². The van der Waals surface area contributed by atoms with Crippen LogP contribution in [0.4, 0.5) is 4.79 Å². The number of nitrogens with one attached hydrogen (secondary N) is 1. The van der Waals surface area contributed by atoms with Gasteiger partial charge in [-0.05, 0) is 17.7 Å². The van der Waals surface area contributed by atoms with Crippen LogP contribution < -0.4 is 10.1 Å². The zero-order valence-electron chi connectivity index (χ0n) is 11.8. The summed E-state index contributed by atoms with van der Waals surface area (Å²) in [5, 5.41) is 11.1. The van der Waals surface area contributed by atoms with E-state index in [1.165, 1.54) is 0 Å². The summed E-state index contributed by atoms with van der Waals surface area (Å²) in [6.45, 7) is 1.79. The lowest BCUT2D eigenvalue weighted by Crippen LogP contribution is -2.54. The van der Waals surface area contributed by atoms with E-state index in [0.29, 0.717) is 19.6 Å². The Morgan fingerprint density at radius 1 is 1.29 bits per heavy atom. The zero-order valence-corrected chi connectivity index (χ0v) is 11.8. The lowest BCUT2D eigenvalue weighted by atomic mass is 10.1. The van der Waals surface area contributed by atoms with Crippen molar-refractivity contribution in [2.75, 3.05) is 20.2 Å². The second-order valence-electron chi connectivity index (χ2n) is 4.92. The number of likely N-dealkylation sites (tertiary alicyclic amines) is 1. The number of hydrogen-bond donors (Lipinski definition) is 1. The van der Waals surface area contributed by atoms with Crippen LogP contribution in [-0.4, -0.2) is 46.1 Å². The highest BCUT2D eigenvalue weighted by Crippen LogP contribution is 2.19. The highest BCUT2D eigenvalue weighted by atomic mass is 16.5. The van der Waals surface area contributed by atoms with Crippen LogP contribution in [0.1, 0.15) is 11.6 Å². The maximum Gasteiger partial charge on any atom is 0.317 e. The first-order chi connectivity index (χ1) is 10.3. The summed E-state index contributed by atoms with van der Waals surface area (Å²) in [6, 6.07) is 7.76. The first-order valence-electron chi connectivity index (χ1n) is 6.78. The summed E-state index contributed by atoms with van der Waals surface area (Å²) in [5.41, 5.74) is 1.04. The van der Waals surface area contributed by atoms with Crippen molar-refractivity contribution in [1.82, 2.24) is 25.2 Å². The molecular weight excluding hydrogens is 270 g/mol. The number of urea groups is 1. The molecule has 0 bridgehead atoms. The van der Waals surface area contributed by atoms with Crippen LogP contribution in [0.2, 0.25) is 0 Å². The Bertz CT molecular complexity index is 590. The van der Waals surface area contributed by atoms with Crippen molar-refractivity contribution in [3.05, 3.63) is 42.2 Å². The molecule has 7 heteroatoms. The largest absolute Gasteiger partial charge is 0.497 e. The number of hydrogen-bond acceptors (Lipinski definition) is 4. The van der Waals surface area contributed by atoms with Gasteiger partial charge in [-0.25, -0.2) is 4.79 Å². The summed E-state index contributed by atoms with van der Waals surface area (Å²) in [5.74, 6) is 0.808. The van der Waals surface area contributed by atoms with Gasteiger partial charge in [0.05, 0.1) is 19.5 Å². The first kappa shape index (κ1) is 13.4. The number of aromatic nitrogens is 3. The van der Waals surface area contributed by atoms with Gasteiger partial charge in [0.25, 0.3) is 0 Å². The molecule has 0 atom stereocenters. The summed E-state index contributed by atoms with van der Waals surface area (Å²) in [4.78, 5) is 15.4. The third-order valence-corrected chi connectivity index (χ3v) is 3.52. The molecule has 1 saturated heterocycles. The predicted octanol–water partition coefficient (Wildman–Crippen LogP) is 1.05. The summed E-state index contributed by atoms with van der Waals surface area (Å²) in [6.07, 6.45) is 3.29. The standard InChI is InChI=1S/C14H17N5O2/c1-21-13-4-2-11(3-5-13)8-15-14(20)18-9-12(10-18)19-16-6-7-17-19/h2-7,12H,8-10H2,1H3,(H,15,20). The van der Waals surface area contributed by atoms with E-state index in [4.69, 9.17) is 4.74 Å². The minimum Gasteiger partial charge on any atom is -0.497 e. The van der Waals surface area contributed by atoms with Crippen LogP contribution in [0.3, 0.4) is 0 Å². The molecule has 1 aliphatic heterocycles. The molecular formula is C14H17N5O2. The van der Waals surface area contributed by atoms with E-state index < -0.39 is 0 Å². The molecule has 0 saturated carbocycles. The topological polar surface area (TPSA) is 72.3 Å². The molecule has 0 unspecified atom stereocenters. The molecule has 1 aliphatic rings. The summed E-state index contributed by atoms with van der Waals surface area (Å²) < 4.78 is 5.10. The minimum absolute atomic E-state index is 0.0609. The van der Waals surface area contributed by atoms with Gasteiger partial charge >= 0.3 is 6.03 Å². The van der Waals surface area contributed by atoms with Crippen molar-refractivity contribution in [3.63, 3.8) is 0 Å². The van der Waals surface area contributed by atoms with Gasteiger partial charge in [0, 0.05) is 19.6 Å². The Morgan fingerprint density at radius 2 is 1.95 bits per heavy atom. The highest BCUT2D eigenvalue weighted by Gasteiger charge is 2.32. The van der Waals surface area contributed by atoms with Gasteiger partial charge in [0.15, 0.2) is 0 Å². The number of amides is 2. The minimum atomic E-state index is -0.0609. The Kier molecular flexibility index (Phi) is 3.72. The SMILES string of the molecule is COc1ccc(CNC(=O)N2CC(n3nccn3)C2)cc1. The summed E-state index contributed by atoms with van der Waals surface area (Å²) >= 11 is 0. The molecule has 2 aromatic rings. The normalized spacial score (nSPS) is 14.6. The molecule has 1 aromatic carbocycles. The molecule has 2 heterocycles. The molecule has 0 radical (unpaired) electrons. The second kappa shape index (κ2) is 5.82. The molecule has 0 aliphatic carbocycles. The van der Waals surface area contributed by atoms with Crippen molar-refractivity contribution < 1.29 is 9.53 Å². The first-order valence-corrected chi connectivity index (χ1v) is 6.78. The van der Waals surface area contributed by atoms with Crippen LogP contribution >= 0.6 is 0 Å². The maximum atomic E-state index is 12.0. The Hall–Kier alpha value is -2.57. The fourth-order valence-electron chi connectivity index (χ4n) is 2.21. The van der Waals surface area contributed by atoms with Crippen molar-refractivity contribution in [2.45, 2.75) is 12.6 Å². The monoisotopic (exact) mass is 287 g/mol. The van der Waals surface area contributed by atoms with Gasteiger partial charge in [0.1, 0.15) is 11.8 Å². The zero-order chi connectivity index (χ0) is 14.7. The van der Waals surface area contributed by atoms with Crippen LogP contribution in [0, 0.1) is 0 Å². The molecule has 21 heavy (non-hydrogen) atoms. The quantitative estimate of drug-likeness (QED) is 0.912. The number of ether oxygens (including phenoxy) is 1. The van der Waals surface area contributed by atoms with E-state index >= 15 is 0 Å². The summed E-state index contributed by atoms with van der Waals surface area (Å²) in [7, 11) is 1.63. The van der Waals surface area contributed by atoms with Crippen molar-refractivity contribution in [1.29, 1.82) is 0 Å². The highest BCUT2D eigenvalue weighted by molar-refractivity contribution is 5.75. The third kappa shape index (κ3) is 2.96. The fraction of sp³-hybridized carbons (Fsp3) is 0.357. The molecule has 1 aromatic heterocycles. The van der Waals surface area contributed by atoms with Crippen LogP contribution in [0.15, 0.2) is 36.7 Å². The number of rotatable bonds is 4. The smallest absolute Gasteiger partial charge is 0.317 e. The lowest BCUT2D eigenvalue weighted by Gasteiger charge is -2.38. The molecule has 0 spiro atoms. The Morgan fingerprint density at radius 3 is 2.57 bits per heavy atom.